The molecule has 2 aromatic rings. The van der Waals surface area contributed by atoms with Crippen LogP contribution >= 0.6 is 11.8 Å². The molecule has 2 spiro atoms. The number of benzene rings is 2. The molecular formula is C31H32N2O5S. The van der Waals surface area contributed by atoms with Gasteiger partial charge in [-0.1, -0.05) is 54.4 Å². The fourth-order valence-electron chi connectivity index (χ4n) is 7.94. The highest BCUT2D eigenvalue weighted by Gasteiger charge is 2.71. The number of carbonyl (C=O) groups is 2. The van der Waals surface area contributed by atoms with Gasteiger partial charge in [-0.15, -0.1) is 11.8 Å². The van der Waals surface area contributed by atoms with Crippen molar-refractivity contribution in [2.75, 3.05) is 16.9 Å². The number of Topliss-reactive ketones (excluding diaryl/α,β-unsaturated/α-hetero) is 1. The highest BCUT2D eigenvalue weighted by molar-refractivity contribution is 7.99. The Kier molecular flexibility index (Phi) is 5.38. The average Bonchev–Trinajstić information content (AvgIpc) is 3.72. The second-order valence-corrected chi connectivity index (χ2v) is 12.8. The molecule has 5 heterocycles. The maximum absolute atomic E-state index is 14.5. The number of aryl methyl sites for hydroxylation is 1. The number of ether oxygens (including phenoxy) is 3. The molecule has 0 radical (unpaired) electrons. The van der Waals surface area contributed by atoms with Gasteiger partial charge >= 0.3 is 0 Å². The van der Waals surface area contributed by atoms with Crippen LogP contribution in [-0.4, -0.2) is 58.5 Å². The van der Waals surface area contributed by atoms with Crippen molar-refractivity contribution in [2.45, 2.75) is 74.7 Å². The van der Waals surface area contributed by atoms with Gasteiger partial charge < -0.3 is 19.5 Å². The van der Waals surface area contributed by atoms with Crippen molar-refractivity contribution in [3.63, 3.8) is 0 Å². The van der Waals surface area contributed by atoms with Crippen LogP contribution in [0.3, 0.4) is 0 Å². The summed E-state index contributed by atoms with van der Waals surface area (Å²) >= 11 is 1.81. The number of hydrogen-bond donors (Lipinski definition) is 1. The van der Waals surface area contributed by atoms with Crippen LogP contribution in [0.5, 0.6) is 0 Å². The highest BCUT2D eigenvalue weighted by Crippen LogP contribution is 2.60. The van der Waals surface area contributed by atoms with Crippen LogP contribution in [0.1, 0.15) is 53.6 Å². The van der Waals surface area contributed by atoms with E-state index in [1.807, 2.05) is 73.3 Å². The van der Waals surface area contributed by atoms with Gasteiger partial charge in [0.05, 0.1) is 12.0 Å². The number of carbonyl (C=O) groups excluding carboxylic acids is 2. The molecule has 6 unspecified atom stereocenters. The summed E-state index contributed by atoms with van der Waals surface area (Å²) in [6, 6.07) is 15.0. The first-order valence-electron chi connectivity index (χ1n) is 14.1. The summed E-state index contributed by atoms with van der Waals surface area (Å²) in [4.78, 5) is 31.1. The third kappa shape index (κ3) is 3.35. The molecule has 7 nitrogen and oxygen atoms in total. The van der Waals surface area contributed by atoms with Crippen LogP contribution in [0.4, 0.5) is 5.69 Å². The third-order valence-electron chi connectivity index (χ3n) is 9.62. The van der Waals surface area contributed by atoms with E-state index in [0.29, 0.717) is 11.3 Å². The maximum atomic E-state index is 14.5. The number of anilines is 1. The number of nitrogens with one attached hydrogen (secondary N) is 1. The van der Waals surface area contributed by atoms with Crippen LogP contribution in [0.25, 0.3) is 0 Å². The Morgan fingerprint density at radius 2 is 1.85 bits per heavy atom. The topological polar surface area (TPSA) is 77.1 Å². The van der Waals surface area contributed by atoms with Crippen molar-refractivity contribution in [3.8, 4) is 0 Å². The molecule has 1 aliphatic carbocycles. The lowest BCUT2D eigenvalue weighted by Crippen LogP contribution is -2.52. The van der Waals surface area contributed by atoms with E-state index in [1.165, 1.54) is 6.42 Å². The summed E-state index contributed by atoms with van der Waals surface area (Å²) in [6.45, 7) is 2.01. The molecule has 8 heteroatoms. The monoisotopic (exact) mass is 544 g/mol. The number of para-hydroxylation sites is 1. The van der Waals surface area contributed by atoms with Crippen molar-refractivity contribution in [2.24, 2.45) is 5.92 Å². The molecule has 6 aliphatic rings. The minimum Gasteiger partial charge on any atom is -0.464 e. The second kappa shape index (κ2) is 8.67. The lowest BCUT2D eigenvalue weighted by Gasteiger charge is -2.37. The van der Waals surface area contributed by atoms with E-state index in [4.69, 9.17) is 14.2 Å². The first kappa shape index (κ1) is 24.2. The highest BCUT2D eigenvalue weighted by atomic mass is 32.2. The largest absolute Gasteiger partial charge is 0.464 e. The maximum Gasteiger partial charge on any atom is 0.238 e. The molecule has 0 aromatic heterocycles. The lowest BCUT2D eigenvalue weighted by atomic mass is 9.64. The number of thioether (sulfide) groups is 1. The Balaban J connectivity index is 1.25. The first-order chi connectivity index (χ1) is 19.0. The molecule has 3 saturated heterocycles. The van der Waals surface area contributed by atoms with Gasteiger partial charge in [0.2, 0.25) is 12.2 Å². The van der Waals surface area contributed by atoms with E-state index in [9.17, 15) is 9.59 Å². The van der Waals surface area contributed by atoms with Crippen LogP contribution in [0, 0.1) is 12.8 Å². The predicted octanol–water partition coefficient (Wildman–Crippen LogP) is 4.76. The minimum atomic E-state index is -1.11. The SMILES string of the molecule is Cc1ccc(C(=O)C2C3CSCN3C(C3=CC4OC5(CCCCC5)OC4O3)C23C(=O)Nc2ccccc23)cc1. The molecule has 1 saturated carbocycles. The van der Waals surface area contributed by atoms with Gasteiger partial charge in [0, 0.05) is 41.8 Å². The van der Waals surface area contributed by atoms with Crippen LogP contribution in [-0.2, 0) is 24.4 Å². The molecule has 1 amide bonds. The summed E-state index contributed by atoms with van der Waals surface area (Å²) < 4.78 is 19.5. The smallest absolute Gasteiger partial charge is 0.238 e. The number of ketones is 1. The average molecular weight is 545 g/mol. The molecule has 2 aromatic carbocycles. The third-order valence-corrected chi connectivity index (χ3v) is 10.7. The van der Waals surface area contributed by atoms with E-state index in [1.54, 1.807) is 0 Å². The Hall–Kier alpha value is -2.65. The van der Waals surface area contributed by atoms with Crippen molar-refractivity contribution < 1.29 is 23.8 Å². The van der Waals surface area contributed by atoms with Crippen molar-refractivity contribution in [3.05, 3.63) is 77.1 Å². The number of hydrogen-bond acceptors (Lipinski definition) is 7. The van der Waals surface area contributed by atoms with Gasteiger partial charge in [0.25, 0.3) is 0 Å². The second-order valence-electron chi connectivity index (χ2n) is 11.8. The molecule has 202 valence electrons. The predicted molar refractivity (Wildman–Crippen MR) is 147 cm³/mol. The van der Waals surface area contributed by atoms with Crippen molar-refractivity contribution >= 4 is 29.1 Å². The van der Waals surface area contributed by atoms with E-state index >= 15 is 0 Å². The van der Waals surface area contributed by atoms with Gasteiger partial charge in [-0.3, -0.25) is 14.5 Å². The fraction of sp³-hybridized carbons (Fsp3) is 0.484. The Bertz CT molecular complexity index is 1390. The molecule has 5 aliphatic heterocycles. The van der Waals surface area contributed by atoms with Gasteiger partial charge in [-0.2, -0.15) is 0 Å². The standard InChI is InChI=1S/C31H32N2O5S/c1-18-9-11-19(12-10-18)26(34)25-22-16-39-17-33(22)27(31(25)20-7-3-4-8-21(20)32-29(31)35)23-15-24-28(36-23)38-30(37-24)13-5-2-6-14-30/h3-4,7-12,15,22,24-25,27-28H,2,5-6,13-14,16-17H2,1H3,(H,32,35). The first-order valence-corrected chi connectivity index (χ1v) is 15.2. The molecule has 1 N–H and O–H groups in total. The zero-order valence-corrected chi connectivity index (χ0v) is 22.7. The molecule has 4 fully saturated rings. The zero-order chi connectivity index (χ0) is 26.4. The number of amides is 1. The summed E-state index contributed by atoms with van der Waals surface area (Å²) in [5.74, 6) is 0.962. The van der Waals surface area contributed by atoms with E-state index in [2.05, 4.69) is 10.2 Å². The van der Waals surface area contributed by atoms with Crippen molar-refractivity contribution in [1.82, 2.24) is 4.90 Å². The summed E-state index contributed by atoms with van der Waals surface area (Å²) in [6.07, 6.45) is 6.36. The normalized spacial score (nSPS) is 36.0. The van der Waals surface area contributed by atoms with Gasteiger partial charge in [-0.05, 0) is 37.5 Å². The summed E-state index contributed by atoms with van der Waals surface area (Å²) in [5.41, 5.74) is 2.27. The summed E-state index contributed by atoms with van der Waals surface area (Å²) in [7, 11) is 0. The fourth-order valence-corrected chi connectivity index (χ4v) is 9.22. The number of fused-ring (bicyclic) bond motifs is 4. The van der Waals surface area contributed by atoms with Crippen LogP contribution in [0.15, 0.2) is 60.4 Å². The lowest BCUT2D eigenvalue weighted by molar-refractivity contribution is -0.221. The van der Waals surface area contributed by atoms with Gasteiger partial charge in [0.15, 0.2) is 11.6 Å². The van der Waals surface area contributed by atoms with Gasteiger partial charge in [0.1, 0.15) is 17.3 Å². The van der Waals surface area contributed by atoms with Gasteiger partial charge in [-0.25, -0.2) is 0 Å². The van der Waals surface area contributed by atoms with E-state index in [0.717, 1.165) is 54.1 Å². The van der Waals surface area contributed by atoms with Crippen LogP contribution < -0.4 is 5.32 Å². The van der Waals surface area contributed by atoms with Crippen LogP contribution in [0.2, 0.25) is 0 Å². The number of nitrogens with zero attached hydrogens (tertiary/aromatic N) is 1. The quantitative estimate of drug-likeness (QED) is 0.559. The van der Waals surface area contributed by atoms with E-state index < -0.39 is 29.5 Å². The van der Waals surface area contributed by atoms with E-state index in [-0.39, 0.29) is 23.8 Å². The molecule has 8 rings (SSSR count). The molecular weight excluding hydrogens is 512 g/mol. The van der Waals surface area contributed by atoms with Crippen molar-refractivity contribution in [1.29, 1.82) is 0 Å². The summed E-state index contributed by atoms with van der Waals surface area (Å²) in [5, 5.41) is 3.15. The minimum absolute atomic E-state index is 0.00861. The molecule has 39 heavy (non-hydrogen) atoms. The number of rotatable bonds is 3. The molecule has 6 atom stereocenters. The Morgan fingerprint density at radius 1 is 1.05 bits per heavy atom. The Morgan fingerprint density at radius 3 is 2.64 bits per heavy atom. The Labute approximate surface area is 232 Å². The zero-order valence-electron chi connectivity index (χ0n) is 21.9. The molecule has 0 bridgehead atoms.